The Kier molecular flexibility index (Phi) is 3.77. The number of benzene rings is 1. The molecule has 0 saturated carbocycles. The van der Waals surface area contributed by atoms with Gasteiger partial charge in [0.05, 0.1) is 0 Å². The number of rotatable bonds is 3. The molecule has 2 rings (SSSR count). The number of hydrogen-bond donors (Lipinski definition) is 1. The highest BCUT2D eigenvalue weighted by Gasteiger charge is 2.06. The third-order valence-electron chi connectivity index (χ3n) is 2.21. The van der Waals surface area contributed by atoms with E-state index in [9.17, 15) is 4.39 Å². The number of nitrogens with zero attached hydrogens (tertiary/aromatic N) is 2. The first kappa shape index (κ1) is 12.8. The largest absolute Gasteiger partial charge is 0.368 e. The van der Waals surface area contributed by atoms with Crippen LogP contribution in [0.3, 0.4) is 0 Å². The number of anilines is 1. The van der Waals surface area contributed by atoms with E-state index in [0.717, 1.165) is 0 Å². The van der Waals surface area contributed by atoms with Crippen LogP contribution in [0.15, 0.2) is 30.5 Å². The normalized spacial score (nSPS) is 10.7. The standard InChI is InChI=1S/C13H13ClFN3/c1-8(2)17-12-3-4-16-13(18-12)9-5-10(14)7-11(15)6-9/h3-8H,1-2H3,(H,16,17,18). The maximum absolute atomic E-state index is 13.3. The summed E-state index contributed by atoms with van der Waals surface area (Å²) in [7, 11) is 0. The zero-order chi connectivity index (χ0) is 13.1. The summed E-state index contributed by atoms with van der Waals surface area (Å²) in [5, 5.41) is 3.50. The van der Waals surface area contributed by atoms with E-state index in [1.54, 1.807) is 18.3 Å². The van der Waals surface area contributed by atoms with E-state index >= 15 is 0 Å². The summed E-state index contributed by atoms with van der Waals surface area (Å²) in [5.41, 5.74) is 0.562. The minimum Gasteiger partial charge on any atom is -0.368 e. The summed E-state index contributed by atoms with van der Waals surface area (Å²) < 4.78 is 13.3. The fourth-order valence-electron chi connectivity index (χ4n) is 1.56. The zero-order valence-electron chi connectivity index (χ0n) is 10.1. The maximum atomic E-state index is 13.3. The Morgan fingerprint density at radius 3 is 2.72 bits per heavy atom. The smallest absolute Gasteiger partial charge is 0.161 e. The van der Waals surface area contributed by atoms with E-state index < -0.39 is 5.82 Å². The van der Waals surface area contributed by atoms with Crippen molar-refractivity contribution < 1.29 is 4.39 Å². The molecule has 0 unspecified atom stereocenters. The third kappa shape index (κ3) is 3.17. The van der Waals surface area contributed by atoms with Crippen LogP contribution in [-0.4, -0.2) is 16.0 Å². The molecule has 18 heavy (non-hydrogen) atoms. The lowest BCUT2D eigenvalue weighted by Crippen LogP contribution is -2.11. The monoisotopic (exact) mass is 265 g/mol. The molecular formula is C13H13ClFN3. The molecule has 0 atom stereocenters. The Labute approximate surface area is 110 Å². The molecule has 1 aromatic heterocycles. The number of nitrogens with one attached hydrogen (secondary N) is 1. The van der Waals surface area contributed by atoms with Gasteiger partial charge in [-0.2, -0.15) is 0 Å². The molecule has 0 aliphatic rings. The SMILES string of the molecule is CC(C)Nc1ccnc(-c2cc(F)cc(Cl)c2)n1. The highest BCUT2D eigenvalue weighted by atomic mass is 35.5. The number of aromatic nitrogens is 2. The van der Waals surface area contributed by atoms with Crippen LogP contribution in [0.4, 0.5) is 10.2 Å². The van der Waals surface area contributed by atoms with E-state index in [2.05, 4.69) is 15.3 Å². The van der Waals surface area contributed by atoms with Crippen LogP contribution < -0.4 is 5.32 Å². The first-order chi connectivity index (χ1) is 8.54. The van der Waals surface area contributed by atoms with Gasteiger partial charge in [-0.15, -0.1) is 0 Å². The lowest BCUT2D eigenvalue weighted by Gasteiger charge is -2.09. The molecule has 1 aromatic carbocycles. The van der Waals surface area contributed by atoms with Gasteiger partial charge in [0.15, 0.2) is 5.82 Å². The molecule has 3 nitrogen and oxygen atoms in total. The van der Waals surface area contributed by atoms with Crippen molar-refractivity contribution in [3.8, 4) is 11.4 Å². The van der Waals surface area contributed by atoms with E-state index in [0.29, 0.717) is 22.2 Å². The maximum Gasteiger partial charge on any atom is 0.161 e. The average Bonchev–Trinajstić information content (AvgIpc) is 2.27. The minimum absolute atomic E-state index is 0.267. The number of halogens is 2. The quantitative estimate of drug-likeness (QED) is 0.918. The van der Waals surface area contributed by atoms with Crippen molar-refractivity contribution in [2.24, 2.45) is 0 Å². The van der Waals surface area contributed by atoms with Crippen molar-refractivity contribution in [2.75, 3.05) is 5.32 Å². The molecule has 1 heterocycles. The van der Waals surface area contributed by atoms with Crippen molar-refractivity contribution >= 4 is 17.4 Å². The van der Waals surface area contributed by atoms with Gasteiger partial charge in [-0.1, -0.05) is 11.6 Å². The molecule has 0 aliphatic heterocycles. The molecule has 0 bridgehead atoms. The molecule has 0 radical (unpaired) electrons. The molecule has 0 aliphatic carbocycles. The molecule has 2 aromatic rings. The second-order valence-electron chi connectivity index (χ2n) is 4.22. The van der Waals surface area contributed by atoms with Crippen LogP contribution >= 0.6 is 11.6 Å². The molecule has 94 valence electrons. The lowest BCUT2D eigenvalue weighted by atomic mass is 10.2. The molecule has 1 N–H and O–H groups in total. The van der Waals surface area contributed by atoms with E-state index in [4.69, 9.17) is 11.6 Å². The molecular weight excluding hydrogens is 253 g/mol. The highest BCUT2D eigenvalue weighted by Crippen LogP contribution is 2.22. The lowest BCUT2D eigenvalue weighted by molar-refractivity contribution is 0.628. The second-order valence-corrected chi connectivity index (χ2v) is 4.66. The van der Waals surface area contributed by atoms with Gasteiger partial charge in [0.25, 0.3) is 0 Å². The predicted molar refractivity (Wildman–Crippen MR) is 71.2 cm³/mol. The summed E-state index contributed by atoms with van der Waals surface area (Å²) in [4.78, 5) is 8.44. The van der Waals surface area contributed by atoms with Crippen LogP contribution in [0.2, 0.25) is 5.02 Å². The van der Waals surface area contributed by atoms with Crippen molar-refractivity contribution in [3.63, 3.8) is 0 Å². The zero-order valence-corrected chi connectivity index (χ0v) is 10.9. The van der Waals surface area contributed by atoms with E-state index in [-0.39, 0.29) is 6.04 Å². The molecule has 0 fully saturated rings. The summed E-state index contributed by atoms with van der Waals surface area (Å²) in [5.74, 6) is 0.751. The summed E-state index contributed by atoms with van der Waals surface area (Å²) in [6, 6.07) is 6.29. The highest BCUT2D eigenvalue weighted by molar-refractivity contribution is 6.30. The first-order valence-electron chi connectivity index (χ1n) is 5.60. The first-order valence-corrected chi connectivity index (χ1v) is 5.98. The van der Waals surface area contributed by atoms with Gasteiger partial charge in [-0.25, -0.2) is 14.4 Å². The van der Waals surface area contributed by atoms with Crippen LogP contribution in [0.25, 0.3) is 11.4 Å². The Hall–Kier alpha value is -1.68. The van der Waals surface area contributed by atoms with Crippen molar-refractivity contribution in [2.45, 2.75) is 19.9 Å². The summed E-state index contributed by atoms with van der Waals surface area (Å²) >= 11 is 5.81. The van der Waals surface area contributed by atoms with E-state index in [1.807, 2.05) is 13.8 Å². The van der Waals surface area contributed by atoms with Gasteiger partial charge >= 0.3 is 0 Å². The molecule has 0 spiro atoms. The third-order valence-corrected chi connectivity index (χ3v) is 2.43. The molecule has 5 heteroatoms. The van der Waals surface area contributed by atoms with Gasteiger partial charge in [0.1, 0.15) is 11.6 Å². The second kappa shape index (κ2) is 5.31. The fourth-order valence-corrected chi connectivity index (χ4v) is 1.78. The van der Waals surface area contributed by atoms with Crippen LogP contribution in [0, 0.1) is 5.82 Å². The van der Waals surface area contributed by atoms with Gasteiger partial charge in [-0.3, -0.25) is 0 Å². The topological polar surface area (TPSA) is 37.8 Å². The van der Waals surface area contributed by atoms with Crippen LogP contribution in [0.5, 0.6) is 0 Å². The summed E-state index contributed by atoms with van der Waals surface area (Å²) in [6.07, 6.45) is 1.63. The number of hydrogen-bond acceptors (Lipinski definition) is 3. The molecule has 0 saturated heterocycles. The fraction of sp³-hybridized carbons (Fsp3) is 0.231. The summed E-state index contributed by atoms with van der Waals surface area (Å²) in [6.45, 7) is 4.03. The molecule has 0 amide bonds. The van der Waals surface area contributed by atoms with Crippen molar-refractivity contribution in [1.82, 2.24) is 9.97 Å². The van der Waals surface area contributed by atoms with Gasteiger partial charge in [-0.05, 0) is 38.1 Å². The van der Waals surface area contributed by atoms with Gasteiger partial charge in [0.2, 0.25) is 0 Å². The van der Waals surface area contributed by atoms with E-state index in [1.165, 1.54) is 12.1 Å². The van der Waals surface area contributed by atoms with Crippen molar-refractivity contribution in [3.05, 3.63) is 41.3 Å². The minimum atomic E-state index is -0.400. The Balaban J connectivity index is 2.38. The predicted octanol–water partition coefficient (Wildman–Crippen LogP) is 3.76. The van der Waals surface area contributed by atoms with Gasteiger partial charge < -0.3 is 5.32 Å². The van der Waals surface area contributed by atoms with Crippen LogP contribution in [-0.2, 0) is 0 Å². The Bertz CT molecular complexity index is 537. The average molecular weight is 266 g/mol. The van der Waals surface area contributed by atoms with Crippen LogP contribution in [0.1, 0.15) is 13.8 Å². The Morgan fingerprint density at radius 2 is 2.06 bits per heavy atom. The Morgan fingerprint density at radius 1 is 1.28 bits per heavy atom. The van der Waals surface area contributed by atoms with Crippen molar-refractivity contribution in [1.29, 1.82) is 0 Å². The van der Waals surface area contributed by atoms with Gasteiger partial charge in [0, 0.05) is 22.8 Å².